The molecule has 88 valence electrons. The molecule has 0 spiro atoms. The maximum atomic E-state index is 13.7. The molecule has 1 aliphatic heterocycles. The molecular weight excluding hydrogens is 275 g/mol. The first-order valence-corrected chi connectivity index (χ1v) is 6.20. The number of hydrogen-bond donors (Lipinski definition) is 0. The fourth-order valence-corrected chi connectivity index (χ4v) is 2.38. The minimum Gasteiger partial charge on any atom is -0.461 e. The van der Waals surface area contributed by atoms with Crippen LogP contribution in [0.3, 0.4) is 0 Å². The van der Waals surface area contributed by atoms with Gasteiger partial charge in [-0.15, -0.1) is 0 Å². The Morgan fingerprint density at radius 3 is 2.88 bits per heavy atom. The Morgan fingerprint density at radius 1 is 1.44 bits per heavy atom. The highest BCUT2D eigenvalue weighted by Gasteiger charge is 2.19. The van der Waals surface area contributed by atoms with Gasteiger partial charge in [-0.25, -0.2) is 4.39 Å². The Balaban J connectivity index is 2.14. The van der Waals surface area contributed by atoms with Crippen molar-refractivity contribution in [2.75, 3.05) is 6.61 Å². The van der Waals surface area contributed by atoms with E-state index in [-0.39, 0.29) is 17.9 Å². The zero-order valence-corrected chi connectivity index (χ0v) is 10.7. The van der Waals surface area contributed by atoms with Crippen LogP contribution in [0.25, 0.3) is 0 Å². The summed E-state index contributed by atoms with van der Waals surface area (Å²) in [6.45, 7) is 2.53. The van der Waals surface area contributed by atoms with Crippen LogP contribution in [0.4, 0.5) is 4.39 Å². The van der Waals surface area contributed by atoms with Gasteiger partial charge in [0.05, 0.1) is 11.1 Å². The number of rotatable bonds is 2. The SMILES string of the molecule is Cc1cc(F)c(OC2CCCCO2)c(Br)c1. The first kappa shape index (κ1) is 11.9. The van der Waals surface area contributed by atoms with E-state index in [0.29, 0.717) is 11.1 Å². The van der Waals surface area contributed by atoms with Crippen LogP contribution in [-0.4, -0.2) is 12.9 Å². The van der Waals surface area contributed by atoms with Crippen LogP contribution in [0.2, 0.25) is 0 Å². The van der Waals surface area contributed by atoms with Crippen LogP contribution < -0.4 is 4.74 Å². The molecule has 1 saturated heterocycles. The highest BCUT2D eigenvalue weighted by Crippen LogP contribution is 2.31. The summed E-state index contributed by atoms with van der Waals surface area (Å²) < 4.78 is 25.2. The van der Waals surface area contributed by atoms with Crippen LogP contribution >= 0.6 is 15.9 Å². The molecule has 1 heterocycles. The zero-order chi connectivity index (χ0) is 11.5. The highest BCUT2D eigenvalue weighted by atomic mass is 79.9. The number of aryl methyl sites for hydroxylation is 1. The van der Waals surface area contributed by atoms with Gasteiger partial charge < -0.3 is 9.47 Å². The molecule has 0 bridgehead atoms. The summed E-state index contributed by atoms with van der Waals surface area (Å²) in [5.41, 5.74) is 0.862. The lowest BCUT2D eigenvalue weighted by Gasteiger charge is -2.24. The molecule has 0 aromatic heterocycles. The molecule has 0 N–H and O–H groups in total. The molecular formula is C12H14BrFO2. The number of ether oxygens (including phenoxy) is 2. The molecule has 2 rings (SSSR count). The average molecular weight is 289 g/mol. The van der Waals surface area contributed by atoms with E-state index in [1.54, 1.807) is 0 Å². The second-order valence-corrected chi connectivity index (χ2v) is 4.83. The lowest BCUT2D eigenvalue weighted by atomic mass is 10.2. The molecule has 1 fully saturated rings. The smallest absolute Gasteiger partial charge is 0.200 e. The fourth-order valence-electron chi connectivity index (χ4n) is 1.73. The predicted molar refractivity (Wildman–Crippen MR) is 63.1 cm³/mol. The number of benzene rings is 1. The van der Waals surface area contributed by atoms with Crippen LogP contribution in [0, 0.1) is 12.7 Å². The minimum atomic E-state index is -0.346. The number of halogens is 2. The van der Waals surface area contributed by atoms with E-state index in [4.69, 9.17) is 9.47 Å². The van der Waals surface area contributed by atoms with Crippen LogP contribution in [0.1, 0.15) is 24.8 Å². The minimum absolute atomic E-state index is 0.248. The molecule has 0 aliphatic carbocycles. The lowest BCUT2D eigenvalue weighted by molar-refractivity contribution is -0.107. The maximum absolute atomic E-state index is 13.7. The van der Waals surface area contributed by atoms with Gasteiger partial charge in [0.1, 0.15) is 0 Å². The molecule has 1 unspecified atom stereocenters. The third kappa shape index (κ3) is 2.74. The first-order valence-electron chi connectivity index (χ1n) is 5.41. The molecule has 2 nitrogen and oxygen atoms in total. The molecule has 0 amide bonds. The van der Waals surface area contributed by atoms with Crippen molar-refractivity contribution in [1.29, 1.82) is 0 Å². The second-order valence-electron chi connectivity index (χ2n) is 3.97. The van der Waals surface area contributed by atoms with Crippen molar-refractivity contribution in [3.8, 4) is 5.75 Å². The van der Waals surface area contributed by atoms with Gasteiger partial charge in [-0.1, -0.05) is 0 Å². The fraction of sp³-hybridized carbons (Fsp3) is 0.500. The Bertz CT molecular complexity index is 352. The van der Waals surface area contributed by atoms with E-state index < -0.39 is 0 Å². The van der Waals surface area contributed by atoms with Crippen LogP contribution in [-0.2, 0) is 4.74 Å². The summed E-state index contributed by atoms with van der Waals surface area (Å²) in [5.74, 6) is -0.0986. The van der Waals surface area contributed by atoms with Gasteiger partial charge >= 0.3 is 0 Å². The normalized spacial score (nSPS) is 20.8. The third-order valence-electron chi connectivity index (χ3n) is 2.53. The Hall–Kier alpha value is -0.610. The van der Waals surface area contributed by atoms with E-state index in [1.807, 2.05) is 13.0 Å². The van der Waals surface area contributed by atoms with Gasteiger partial charge in [0.25, 0.3) is 0 Å². The molecule has 0 radical (unpaired) electrons. The molecule has 1 aromatic carbocycles. The summed E-state index contributed by atoms with van der Waals surface area (Å²) >= 11 is 3.30. The molecule has 4 heteroatoms. The summed E-state index contributed by atoms with van der Waals surface area (Å²) in [7, 11) is 0. The summed E-state index contributed by atoms with van der Waals surface area (Å²) in [6, 6.07) is 3.30. The predicted octanol–water partition coefficient (Wildman–Crippen LogP) is 3.80. The quantitative estimate of drug-likeness (QED) is 0.824. The van der Waals surface area contributed by atoms with Crippen LogP contribution in [0.15, 0.2) is 16.6 Å². The zero-order valence-electron chi connectivity index (χ0n) is 9.13. The summed E-state index contributed by atoms with van der Waals surface area (Å²) in [5, 5.41) is 0. The standard InChI is InChI=1S/C12H14BrFO2/c1-8-6-9(13)12(10(14)7-8)16-11-4-2-3-5-15-11/h6-7,11H,2-5H2,1H3. The Morgan fingerprint density at radius 2 is 2.25 bits per heavy atom. The van der Waals surface area contributed by atoms with Gasteiger partial charge in [-0.05, 0) is 53.4 Å². The topological polar surface area (TPSA) is 18.5 Å². The van der Waals surface area contributed by atoms with E-state index in [0.717, 1.165) is 24.8 Å². The van der Waals surface area contributed by atoms with Gasteiger partial charge in [0.15, 0.2) is 17.9 Å². The van der Waals surface area contributed by atoms with E-state index in [2.05, 4.69) is 15.9 Å². The molecule has 1 atom stereocenters. The number of hydrogen-bond acceptors (Lipinski definition) is 2. The first-order chi connectivity index (χ1) is 7.66. The van der Waals surface area contributed by atoms with Crippen molar-refractivity contribution in [1.82, 2.24) is 0 Å². The van der Waals surface area contributed by atoms with E-state index in [9.17, 15) is 4.39 Å². The highest BCUT2D eigenvalue weighted by molar-refractivity contribution is 9.10. The average Bonchev–Trinajstić information content (AvgIpc) is 2.25. The Kier molecular flexibility index (Phi) is 3.82. The third-order valence-corrected chi connectivity index (χ3v) is 3.12. The van der Waals surface area contributed by atoms with E-state index in [1.165, 1.54) is 6.07 Å². The second kappa shape index (κ2) is 5.15. The van der Waals surface area contributed by atoms with Gasteiger partial charge in [0.2, 0.25) is 0 Å². The van der Waals surface area contributed by atoms with Crippen molar-refractivity contribution in [2.45, 2.75) is 32.5 Å². The summed E-state index contributed by atoms with van der Waals surface area (Å²) in [4.78, 5) is 0. The van der Waals surface area contributed by atoms with Gasteiger partial charge in [-0.2, -0.15) is 0 Å². The lowest BCUT2D eigenvalue weighted by Crippen LogP contribution is -2.25. The van der Waals surface area contributed by atoms with Crippen molar-refractivity contribution >= 4 is 15.9 Å². The van der Waals surface area contributed by atoms with Crippen molar-refractivity contribution in [3.63, 3.8) is 0 Å². The van der Waals surface area contributed by atoms with Gasteiger partial charge in [-0.3, -0.25) is 0 Å². The molecule has 1 aliphatic rings. The van der Waals surface area contributed by atoms with Crippen LogP contribution in [0.5, 0.6) is 5.75 Å². The Labute approximate surface area is 103 Å². The monoisotopic (exact) mass is 288 g/mol. The molecule has 16 heavy (non-hydrogen) atoms. The maximum Gasteiger partial charge on any atom is 0.200 e. The van der Waals surface area contributed by atoms with Crippen molar-refractivity contribution in [2.24, 2.45) is 0 Å². The van der Waals surface area contributed by atoms with Crippen molar-refractivity contribution < 1.29 is 13.9 Å². The molecule has 0 saturated carbocycles. The summed E-state index contributed by atoms with van der Waals surface area (Å²) in [6.07, 6.45) is 2.62. The largest absolute Gasteiger partial charge is 0.461 e. The van der Waals surface area contributed by atoms with Crippen molar-refractivity contribution in [3.05, 3.63) is 28.0 Å². The van der Waals surface area contributed by atoms with Gasteiger partial charge in [0, 0.05) is 6.42 Å². The van der Waals surface area contributed by atoms with E-state index >= 15 is 0 Å². The molecule has 1 aromatic rings.